The van der Waals surface area contributed by atoms with Crippen LogP contribution in [0.25, 0.3) is 5.69 Å². The third kappa shape index (κ3) is 6.54. The summed E-state index contributed by atoms with van der Waals surface area (Å²) in [7, 11) is -2.57. The first-order chi connectivity index (χ1) is 21.2. The van der Waals surface area contributed by atoms with Gasteiger partial charge in [-0.2, -0.15) is 5.10 Å². The summed E-state index contributed by atoms with van der Waals surface area (Å²) in [6.07, 6.45) is 1.57. The molecular weight excluding hydrogens is 596 g/mol. The maximum Gasteiger partial charge on any atom is 0.273 e. The smallest absolute Gasteiger partial charge is 0.273 e. The van der Waals surface area contributed by atoms with Gasteiger partial charge < -0.3 is 9.30 Å². The molecule has 0 saturated carbocycles. The highest BCUT2D eigenvalue weighted by molar-refractivity contribution is 7.92. The number of hydrogen-bond acceptors (Lipinski definition) is 5. The number of anilines is 1. The van der Waals surface area contributed by atoms with Gasteiger partial charge in [-0.05, 0) is 80.1 Å². The Hall–Kier alpha value is -4.86. The Morgan fingerprint density at radius 1 is 0.932 bits per heavy atom. The first kappa shape index (κ1) is 30.6. The van der Waals surface area contributed by atoms with E-state index in [0.29, 0.717) is 10.8 Å². The normalized spacial score (nSPS) is 11.5. The van der Waals surface area contributed by atoms with Crippen LogP contribution in [0.15, 0.2) is 119 Å². The number of nitrogens with one attached hydrogen (secondary N) is 1. The zero-order valence-electron chi connectivity index (χ0n) is 24.4. The lowest BCUT2D eigenvalue weighted by atomic mass is 10.1. The standard InChI is InChI=1S/C34H31ClN4O4S/c1-24-20-27(25(2)39(24)29-13-9-12-28(35)21-29)22-36-37-34(40)32-14-7-8-15-33(32)38(23-26-10-5-4-6-11-26)44(41,42)31-18-16-30(43-3)17-19-31/h4-22H,23H2,1-3H3,(H,37,40)/b36-22-. The van der Waals surface area contributed by atoms with E-state index in [0.717, 1.165) is 28.2 Å². The molecule has 1 heterocycles. The van der Waals surface area contributed by atoms with Crippen molar-refractivity contribution in [2.75, 3.05) is 11.4 Å². The fourth-order valence-electron chi connectivity index (χ4n) is 4.96. The average molecular weight is 627 g/mol. The van der Waals surface area contributed by atoms with Gasteiger partial charge in [-0.25, -0.2) is 13.8 Å². The van der Waals surface area contributed by atoms with Crippen LogP contribution in [-0.4, -0.2) is 32.2 Å². The van der Waals surface area contributed by atoms with E-state index < -0.39 is 15.9 Å². The number of sulfonamides is 1. The van der Waals surface area contributed by atoms with Gasteiger partial charge in [0.2, 0.25) is 0 Å². The van der Waals surface area contributed by atoms with Gasteiger partial charge in [0.15, 0.2) is 0 Å². The largest absolute Gasteiger partial charge is 0.497 e. The Balaban J connectivity index is 1.45. The molecule has 0 unspecified atom stereocenters. The lowest BCUT2D eigenvalue weighted by Gasteiger charge is -2.26. The number of halogens is 1. The number of amides is 1. The van der Waals surface area contributed by atoms with Crippen LogP contribution in [-0.2, 0) is 16.6 Å². The fraction of sp³-hybridized carbons (Fsp3) is 0.118. The van der Waals surface area contributed by atoms with Gasteiger partial charge in [-0.15, -0.1) is 0 Å². The Kier molecular flexibility index (Phi) is 9.18. The average Bonchev–Trinajstić information content (AvgIpc) is 3.32. The first-order valence-electron chi connectivity index (χ1n) is 13.8. The van der Waals surface area contributed by atoms with Crippen molar-refractivity contribution in [2.45, 2.75) is 25.3 Å². The molecule has 10 heteroatoms. The van der Waals surface area contributed by atoms with Gasteiger partial charge in [-0.3, -0.25) is 9.10 Å². The van der Waals surface area contributed by atoms with Crippen molar-refractivity contribution in [1.82, 2.24) is 9.99 Å². The van der Waals surface area contributed by atoms with Crippen LogP contribution < -0.4 is 14.5 Å². The second-order valence-corrected chi connectivity index (χ2v) is 12.3. The molecule has 44 heavy (non-hydrogen) atoms. The Bertz CT molecular complexity index is 1920. The van der Waals surface area contributed by atoms with Crippen molar-refractivity contribution in [2.24, 2.45) is 5.10 Å². The lowest BCUT2D eigenvalue weighted by molar-refractivity contribution is 0.0955. The Morgan fingerprint density at radius 2 is 1.64 bits per heavy atom. The molecule has 1 aromatic heterocycles. The van der Waals surface area contributed by atoms with Gasteiger partial charge in [0.1, 0.15) is 5.75 Å². The van der Waals surface area contributed by atoms with Crippen LogP contribution in [0.1, 0.15) is 32.9 Å². The third-order valence-corrected chi connectivity index (χ3v) is 9.15. The predicted octanol–water partition coefficient (Wildman–Crippen LogP) is 6.92. The van der Waals surface area contributed by atoms with Crippen molar-refractivity contribution in [3.05, 3.63) is 142 Å². The summed E-state index contributed by atoms with van der Waals surface area (Å²) in [6, 6.07) is 31.4. The van der Waals surface area contributed by atoms with Crippen LogP contribution in [0.3, 0.4) is 0 Å². The molecule has 0 fully saturated rings. The van der Waals surface area contributed by atoms with Crippen molar-refractivity contribution >= 4 is 39.4 Å². The molecular formula is C34H31ClN4O4S. The molecule has 4 aromatic carbocycles. The third-order valence-electron chi connectivity index (χ3n) is 7.14. The van der Waals surface area contributed by atoms with Crippen LogP contribution in [0, 0.1) is 13.8 Å². The lowest BCUT2D eigenvalue weighted by Crippen LogP contribution is -2.33. The number of carbonyl (C=O) groups is 1. The number of carbonyl (C=O) groups excluding carboxylic acids is 1. The van der Waals surface area contributed by atoms with E-state index in [1.165, 1.54) is 23.5 Å². The quantitative estimate of drug-likeness (QED) is 0.135. The molecule has 5 aromatic rings. The molecule has 1 N–H and O–H groups in total. The summed E-state index contributed by atoms with van der Waals surface area (Å²) >= 11 is 6.21. The summed E-state index contributed by atoms with van der Waals surface area (Å²) in [4.78, 5) is 13.6. The van der Waals surface area contributed by atoms with Crippen LogP contribution in [0.5, 0.6) is 5.75 Å². The van der Waals surface area contributed by atoms with Gasteiger partial charge in [-0.1, -0.05) is 60.1 Å². The van der Waals surface area contributed by atoms with Crippen molar-refractivity contribution in [3.63, 3.8) is 0 Å². The summed E-state index contributed by atoms with van der Waals surface area (Å²) < 4.78 is 36.6. The predicted molar refractivity (Wildman–Crippen MR) is 175 cm³/mol. The Morgan fingerprint density at radius 3 is 2.34 bits per heavy atom. The number of para-hydroxylation sites is 1. The number of rotatable bonds is 10. The molecule has 0 bridgehead atoms. The fourth-order valence-corrected chi connectivity index (χ4v) is 6.61. The molecule has 0 atom stereocenters. The zero-order valence-corrected chi connectivity index (χ0v) is 26.0. The van der Waals surface area contributed by atoms with E-state index in [1.807, 2.05) is 74.5 Å². The van der Waals surface area contributed by atoms with E-state index in [1.54, 1.807) is 42.6 Å². The maximum absolute atomic E-state index is 14.0. The molecule has 8 nitrogen and oxygen atoms in total. The van der Waals surface area contributed by atoms with E-state index in [-0.39, 0.29) is 22.7 Å². The monoisotopic (exact) mass is 626 g/mol. The summed E-state index contributed by atoms with van der Waals surface area (Å²) in [5, 5.41) is 4.85. The number of hydrazone groups is 1. The number of benzene rings is 4. The first-order valence-corrected chi connectivity index (χ1v) is 15.6. The molecule has 0 spiro atoms. The van der Waals surface area contributed by atoms with Gasteiger partial charge >= 0.3 is 0 Å². The summed E-state index contributed by atoms with van der Waals surface area (Å²) in [5.41, 5.74) is 7.33. The second kappa shape index (κ2) is 13.2. The van der Waals surface area contributed by atoms with Gasteiger partial charge in [0.25, 0.3) is 15.9 Å². The van der Waals surface area contributed by atoms with Crippen molar-refractivity contribution < 1.29 is 17.9 Å². The molecule has 5 rings (SSSR count). The topological polar surface area (TPSA) is 93.0 Å². The Labute approximate surface area is 262 Å². The van der Waals surface area contributed by atoms with Crippen molar-refractivity contribution in [3.8, 4) is 11.4 Å². The van der Waals surface area contributed by atoms with Gasteiger partial charge in [0, 0.05) is 27.7 Å². The number of nitrogens with zero attached hydrogens (tertiary/aromatic N) is 3. The maximum atomic E-state index is 14.0. The van der Waals surface area contributed by atoms with E-state index in [9.17, 15) is 13.2 Å². The minimum atomic E-state index is -4.09. The molecule has 0 radical (unpaired) electrons. The zero-order chi connectivity index (χ0) is 31.3. The van der Waals surface area contributed by atoms with E-state index in [2.05, 4.69) is 15.1 Å². The van der Waals surface area contributed by atoms with E-state index in [4.69, 9.17) is 16.3 Å². The number of ether oxygens (including phenoxy) is 1. The number of methoxy groups -OCH3 is 1. The van der Waals surface area contributed by atoms with Gasteiger partial charge in [0.05, 0.1) is 36.0 Å². The highest BCUT2D eigenvalue weighted by atomic mass is 35.5. The van der Waals surface area contributed by atoms with E-state index >= 15 is 0 Å². The highest BCUT2D eigenvalue weighted by Crippen LogP contribution is 2.30. The molecule has 0 saturated heterocycles. The minimum Gasteiger partial charge on any atom is -0.497 e. The van der Waals surface area contributed by atoms with Crippen LogP contribution >= 0.6 is 11.6 Å². The SMILES string of the molecule is COc1ccc(S(=O)(=O)N(Cc2ccccc2)c2ccccc2C(=O)N/N=C\c2cc(C)n(-c3cccc(Cl)c3)c2C)cc1. The molecule has 0 aliphatic rings. The molecule has 224 valence electrons. The second-order valence-electron chi connectivity index (χ2n) is 10.0. The van der Waals surface area contributed by atoms with Crippen molar-refractivity contribution in [1.29, 1.82) is 0 Å². The molecule has 0 aliphatic carbocycles. The molecule has 1 amide bonds. The summed E-state index contributed by atoms with van der Waals surface area (Å²) in [5.74, 6) is -0.0203. The highest BCUT2D eigenvalue weighted by Gasteiger charge is 2.28. The number of aromatic nitrogens is 1. The minimum absolute atomic E-state index is 0.0122. The number of aryl methyl sites for hydroxylation is 1. The number of hydrogen-bond donors (Lipinski definition) is 1. The van der Waals surface area contributed by atoms with Crippen LogP contribution in [0.2, 0.25) is 5.02 Å². The molecule has 0 aliphatic heterocycles. The summed E-state index contributed by atoms with van der Waals surface area (Å²) in [6.45, 7) is 3.95. The van der Waals surface area contributed by atoms with Crippen LogP contribution in [0.4, 0.5) is 5.69 Å².